The molecule has 0 atom stereocenters. The summed E-state index contributed by atoms with van der Waals surface area (Å²) >= 11 is 0. The van der Waals surface area contributed by atoms with Gasteiger partial charge in [0, 0.05) is 5.39 Å². The molecule has 0 saturated heterocycles. The number of carbonyl (C=O) groups is 1. The molecule has 3 nitrogen and oxygen atoms in total. The van der Waals surface area contributed by atoms with Gasteiger partial charge in [-0.15, -0.1) is 0 Å². The maximum Gasteiger partial charge on any atom is 0.343 e. The first-order valence-electron chi connectivity index (χ1n) is 7.71. The van der Waals surface area contributed by atoms with Gasteiger partial charge >= 0.3 is 5.97 Å². The summed E-state index contributed by atoms with van der Waals surface area (Å²) in [5.41, 5.74) is 0.502. The number of rotatable bonds is 5. The van der Waals surface area contributed by atoms with Crippen molar-refractivity contribution in [2.75, 3.05) is 6.61 Å². The fourth-order valence-corrected chi connectivity index (χ4v) is 2.35. The van der Waals surface area contributed by atoms with Crippen molar-refractivity contribution < 1.29 is 14.3 Å². The minimum Gasteiger partial charge on any atom is -0.494 e. The Kier molecular flexibility index (Phi) is 4.57. The van der Waals surface area contributed by atoms with Crippen LogP contribution >= 0.6 is 0 Å². The van der Waals surface area contributed by atoms with E-state index in [4.69, 9.17) is 9.47 Å². The predicted octanol–water partition coefficient (Wildman–Crippen LogP) is 4.85. The molecule has 0 fully saturated rings. The van der Waals surface area contributed by atoms with Gasteiger partial charge in [-0.25, -0.2) is 4.79 Å². The summed E-state index contributed by atoms with van der Waals surface area (Å²) in [4.78, 5) is 12.3. The third-order valence-electron chi connectivity index (χ3n) is 3.52. The fraction of sp³-hybridized carbons (Fsp3) is 0.150. The van der Waals surface area contributed by atoms with Crippen molar-refractivity contribution in [2.24, 2.45) is 0 Å². The third kappa shape index (κ3) is 3.51. The van der Waals surface area contributed by atoms with Gasteiger partial charge in [0.2, 0.25) is 0 Å². The molecule has 3 rings (SSSR count). The Morgan fingerprint density at radius 3 is 2.43 bits per heavy atom. The van der Waals surface area contributed by atoms with Crippen LogP contribution in [0.4, 0.5) is 0 Å². The smallest absolute Gasteiger partial charge is 0.343 e. The molecule has 0 saturated carbocycles. The van der Waals surface area contributed by atoms with E-state index in [1.54, 1.807) is 30.3 Å². The molecule has 3 heteroatoms. The van der Waals surface area contributed by atoms with Crippen LogP contribution in [0.2, 0.25) is 0 Å². The lowest BCUT2D eigenvalue weighted by molar-refractivity contribution is 0.0737. The monoisotopic (exact) mass is 306 g/mol. The van der Waals surface area contributed by atoms with Crippen molar-refractivity contribution in [1.29, 1.82) is 0 Å². The SMILES string of the molecule is CCCOc1ccc(C(=O)Oc2cccc3ccccc23)cc1. The summed E-state index contributed by atoms with van der Waals surface area (Å²) in [6.45, 7) is 2.72. The first kappa shape index (κ1) is 15.1. The van der Waals surface area contributed by atoms with Crippen LogP contribution in [0.1, 0.15) is 23.7 Å². The number of carbonyl (C=O) groups excluding carboxylic acids is 1. The van der Waals surface area contributed by atoms with Crippen molar-refractivity contribution in [1.82, 2.24) is 0 Å². The van der Waals surface area contributed by atoms with E-state index in [1.807, 2.05) is 36.4 Å². The molecule has 0 spiro atoms. The maximum absolute atomic E-state index is 12.3. The van der Waals surface area contributed by atoms with Crippen LogP contribution in [0, 0.1) is 0 Å². The average Bonchev–Trinajstić information content (AvgIpc) is 2.60. The Hall–Kier alpha value is -2.81. The highest BCUT2D eigenvalue weighted by Crippen LogP contribution is 2.26. The number of esters is 1. The largest absolute Gasteiger partial charge is 0.494 e. The lowest BCUT2D eigenvalue weighted by atomic mass is 10.1. The molecule has 0 heterocycles. The minimum absolute atomic E-state index is 0.372. The molecular formula is C20H18O3. The molecule has 23 heavy (non-hydrogen) atoms. The first-order chi connectivity index (χ1) is 11.3. The Morgan fingerprint density at radius 1 is 0.913 bits per heavy atom. The molecule has 0 bridgehead atoms. The highest BCUT2D eigenvalue weighted by Gasteiger charge is 2.10. The predicted molar refractivity (Wildman–Crippen MR) is 91.1 cm³/mol. The summed E-state index contributed by atoms with van der Waals surface area (Å²) in [5.74, 6) is 0.955. The van der Waals surface area contributed by atoms with Crippen LogP contribution in [0.3, 0.4) is 0 Å². The van der Waals surface area contributed by atoms with Crippen molar-refractivity contribution in [3.05, 3.63) is 72.3 Å². The van der Waals surface area contributed by atoms with Crippen LogP contribution in [0.25, 0.3) is 10.8 Å². The molecule has 0 N–H and O–H groups in total. The highest BCUT2D eigenvalue weighted by molar-refractivity contribution is 5.95. The molecule has 3 aromatic carbocycles. The van der Waals surface area contributed by atoms with Gasteiger partial charge in [0.25, 0.3) is 0 Å². The molecule has 0 amide bonds. The molecule has 0 aliphatic carbocycles. The van der Waals surface area contributed by atoms with Gasteiger partial charge in [-0.05, 0) is 42.1 Å². The average molecular weight is 306 g/mol. The molecule has 0 unspecified atom stereocenters. The molecule has 0 aromatic heterocycles. The second-order valence-corrected chi connectivity index (χ2v) is 5.24. The number of ether oxygens (including phenoxy) is 2. The maximum atomic E-state index is 12.3. The van der Waals surface area contributed by atoms with E-state index in [1.165, 1.54) is 0 Å². The molecule has 116 valence electrons. The Bertz CT molecular complexity index is 801. The quantitative estimate of drug-likeness (QED) is 0.499. The first-order valence-corrected chi connectivity index (χ1v) is 7.71. The van der Waals surface area contributed by atoms with E-state index in [9.17, 15) is 4.79 Å². The van der Waals surface area contributed by atoms with Gasteiger partial charge in [-0.3, -0.25) is 0 Å². The van der Waals surface area contributed by atoms with Crippen molar-refractivity contribution in [3.8, 4) is 11.5 Å². The molecule has 0 aliphatic rings. The molecule has 0 aliphatic heterocycles. The summed E-state index contributed by atoms with van der Waals surface area (Å²) in [7, 11) is 0. The van der Waals surface area contributed by atoms with Gasteiger partial charge in [-0.1, -0.05) is 43.3 Å². The van der Waals surface area contributed by atoms with E-state index < -0.39 is 0 Å². The molecule has 0 radical (unpaired) electrons. The molecular weight excluding hydrogens is 288 g/mol. The van der Waals surface area contributed by atoms with E-state index in [0.717, 1.165) is 22.9 Å². The van der Waals surface area contributed by atoms with Crippen LogP contribution in [0.15, 0.2) is 66.7 Å². The van der Waals surface area contributed by atoms with E-state index in [0.29, 0.717) is 17.9 Å². The number of hydrogen-bond acceptors (Lipinski definition) is 3. The zero-order chi connectivity index (χ0) is 16.1. The van der Waals surface area contributed by atoms with Gasteiger partial charge in [-0.2, -0.15) is 0 Å². The second-order valence-electron chi connectivity index (χ2n) is 5.24. The number of benzene rings is 3. The van der Waals surface area contributed by atoms with Gasteiger partial charge in [0.1, 0.15) is 11.5 Å². The number of fused-ring (bicyclic) bond motifs is 1. The van der Waals surface area contributed by atoms with Crippen LogP contribution in [-0.2, 0) is 0 Å². The normalized spacial score (nSPS) is 10.5. The molecule has 3 aromatic rings. The Balaban J connectivity index is 1.78. The van der Waals surface area contributed by atoms with Crippen molar-refractivity contribution >= 4 is 16.7 Å². The minimum atomic E-state index is -0.372. The summed E-state index contributed by atoms with van der Waals surface area (Å²) in [6, 6.07) is 20.5. The van der Waals surface area contributed by atoms with Gasteiger partial charge in [0.05, 0.1) is 12.2 Å². The Labute approximate surface area is 135 Å². The zero-order valence-corrected chi connectivity index (χ0v) is 13.0. The van der Waals surface area contributed by atoms with E-state index in [2.05, 4.69) is 6.92 Å². The van der Waals surface area contributed by atoms with E-state index >= 15 is 0 Å². The van der Waals surface area contributed by atoms with Gasteiger partial charge in [0.15, 0.2) is 0 Å². The third-order valence-corrected chi connectivity index (χ3v) is 3.52. The second kappa shape index (κ2) is 6.97. The zero-order valence-electron chi connectivity index (χ0n) is 13.0. The summed E-state index contributed by atoms with van der Waals surface area (Å²) < 4.78 is 11.1. The summed E-state index contributed by atoms with van der Waals surface area (Å²) in [6.07, 6.45) is 0.949. The van der Waals surface area contributed by atoms with Gasteiger partial charge < -0.3 is 9.47 Å². The number of hydrogen-bond donors (Lipinski definition) is 0. The van der Waals surface area contributed by atoms with Crippen molar-refractivity contribution in [3.63, 3.8) is 0 Å². The Morgan fingerprint density at radius 2 is 1.65 bits per heavy atom. The van der Waals surface area contributed by atoms with Crippen LogP contribution in [0.5, 0.6) is 11.5 Å². The van der Waals surface area contributed by atoms with E-state index in [-0.39, 0.29) is 5.97 Å². The van der Waals surface area contributed by atoms with Crippen molar-refractivity contribution in [2.45, 2.75) is 13.3 Å². The standard InChI is InChI=1S/C20H18O3/c1-2-14-22-17-12-10-16(11-13-17)20(21)23-19-9-5-7-15-6-3-4-8-18(15)19/h3-13H,2,14H2,1H3. The van der Waals surface area contributed by atoms with Crippen LogP contribution < -0.4 is 9.47 Å². The topological polar surface area (TPSA) is 35.5 Å². The fourth-order valence-electron chi connectivity index (χ4n) is 2.35. The summed E-state index contributed by atoms with van der Waals surface area (Å²) in [5, 5.41) is 1.97. The lowest BCUT2D eigenvalue weighted by Crippen LogP contribution is -2.08. The highest BCUT2D eigenvalue weighted by atomic mass is 16.5. The van der Waals surface area contributed by atoms with Crippen LogP contribution in [-0.4, -0.2) is 12.6 Å². The lowest BCUT2D eigenvalue weighted by Gasteiger charge is -2.08.